The van der Waals surface area contributed by atoms with Gasteiger partial charge in [0.05, 0.1) is 12.4 Å². The highest BCUT2D eigenvalue weighted by atomic mass is 32.2. The molecule has 0 aliphatic heterocycles. The second-order valence-corrected chi connectivity index (χ2v) is 7.77. The minimum Gasteiger partial charge on any atom is -0.493 e. The largest absolute Gasteiger partial charge is 0.493 e. The molecule has 0 saturated heterocycles. The second kappa shape index (κ2) is 6.79. The summed E-state index contributed by atoms with van der Waals surface area (Å²) in [5.41, 5.74) is 0.939. The van der Waals surface area contributed by atoms with Crippen LogP contribution in [0.5, 0.6) is 5.75 Å². The van der Waals surface area contributed by atoms with E-state index in [2.05, 4.69) is 6.92 Å². The third-order valence-electron chi connectivity index (χ3n) is 4.30. The first kappa shape index (κ1) is 16.3. The van der Waals surface area contributed by atoms with Crippen LogP contribution in [0.4, 0.5) is 0 Å². The van der Waals surface area contributed by atoms with Crippen LogP contribution in [0.2, 0.25) is 0 Å². The predicted molar refractivity (Wildman–Crippen MR) is 84.8 cm³/mol. The molecule has 21 heavy (non-hydrogen) atoms. The van der Waals surface area contributed by atoms with Gasteiger partial charge in [-0.2, -0.15) is 0 Å². The summed E-state index contributed by atoms with van der Waals surface area (Å²) in [6.07, 6.45) is 6.00. The molecule has 1 aromatic rings. The van der Waals surface area contributed by atoms with Crippen molar-refractivity contribution in [1.29, 1.82) is 0 Å². The van der Waals surface area contributed by atoms with Crippen LogP contribution in [-0.4, -0.2) is 20.8 Å². The van der Waals surface area contributed by atoms with Crippen molar-refractivity contribution in [2.75, 3.05) is 12.4 Å². The molecular formula is C16H25NO3S. The SMILES string of the molecule is CCc1ccc(OCC2(CS(N)(=O)=O)CCCCC2)cc1. The standard InChI is InChI=1S/C16H25NO3S/c1-2-14-6-8-15(9-7-14)20-12-16(13-21(17,18)19)10-4-3-5-11-16/h6-9H,2-5,10-13H2,1H3,(H2,17,18,19). The van der Waals surface area contributed by atoms with E-state index >= 15 is 0 Å². The lowest BCUT2D eigenvalue weighted by atomic mass is 9.76. The van der Waals surface area contributed by atoms with Gasteiger partial charge in [-0.1, -0.05) is 38.3 Å². The zero-order valence-corrected chi connectivity index (χ0v) is 13.5. The van der Waals surface area contributed by atoms with Crippen LogP contribution in [0.25, 0.3) is 0 Å². The van der Waals surface area contributed by atoms with E-state index < -0.39 is 10.0 Å². The molecule has 2 rings (SSSR count). The smallest absolute Gasteiger partial charge is 0.209 e. The van der Waals surface area contributed by atoms with E-state index in [1.807, 2.05) is 24.3 Å². The van der Waals surface area contributed by atoms with E-state index in [1.165, 1.54) is 5.56 Å². The van der Waals surface area contributed by atoms with Gasteiger partial charge >= 0.3 is 0 Å². The third-order valence-corrected chi connectivity index (χ3v) is 5.31. The summed E-state index contributed by atoms with van der Waals surface area (Å²) < 4.78 is 28.9. The second-order valence-electron chi connectivity index (χ2n) is 6.15. The molecule has 5 heteroatoms. The Kier molecular flexibility index (Phi) is 5.27. The fourth-order valence-corrected chi connectivity index (χ4v) is 4.34. The normalized spacial score (nSPS) is 18.4. The molecule has 0 bridgehead atoms. The highest BCUT2D eigenvalue weighted by molar-refractivity contribution is 7.89. The molecule has 118 valence electrons. The lowest BCUT2D eigenvalue weighted by Crippen LogP contribution is -2.40. The monoisotopic (exact) mass is 311 g/mol. The predicted octanol–water partition coefficient (Wildman–Crippen LogP) is 2.87. The Bertz CT molecular complexity index is 545. The molecular weight excluding hydrogens is 286 g/mol. The number of hydrogen-bond acceptors (Lipinski definition) is 3. The van der Waals surface area contributed by atoms with Gasteiger partial charge in [0.1, 0.15) is 5.75 Å². The summed E-state index contributed by atoms with van der Waals surface area (Å²) in [7, 11) is -3.48. The van der Waals surface area contributed by atoms with Crippen LogP contribution < -0.4 is 9.88 Å². The van der Waals surface area contributed by atoms with Crippen molar-refractivity contribution < 1.29 is 13.2 Å². The van der Waals surface area contributed by atoms with Gasteiger partial charge in [0.15, 0.2) is 0 Å². The van der Waals surface area contributed by atoms with Gasteiger partial charge in [-0.3, -0.25) is 0 Å². The Morgan fingerprint density at radius 2 is 1.76 bits per heavy atom. The van der Waals surface area contributed by atoms with Gasteiger partial charge in [0.2, 0.25) is 10.0 Å². The van der Waals surface area contributed by atoms with Crippen molar-refractivity contribution in [1.82, 2.24) is 0 Å². The van der Waals surface area contributed by atoms with Gasteiger partial charge < -0.3 is 4.74 Å². The molecule has 0 amide bonds. The van der Waals surface area contributed by atoms with Gasteiger partial charge in [0, 0.05) is 5.41 Å². The highest BCUT2D eigenvalue weighted by Crippen LogP contribution is 2.37. The van der Waals surface area contributed by atoms with E-state index in [1.54, 1.807) is 0 Å². The molecule has 1 aliphatic rings. The van der Waals surface area contributed by atoms with Gasteiger partial charge in [-0.05, 0) is 37.0 Å². The van der Waals surface area contributed by atoms with E-state index in [0.717, 1.165) is 44.3 Å². The van der Waals surface area contributed by atoms with Crippen LogP contribution in [0, 0.1) is 5.41 Å². The first-order valence-electron chi connectivity index (χ1n) is 7.65. The van der Waals surface area contributed by atoms with Gasteiger partial charge in [0.25, 0.3) is 0 Å². The minimum atomic E-state index is -3.48. The molecule has 1 fully saturated rings. The van der Waals surface area contributed by atoms with Crippen molar-refractivity contribution in [2.24, 2.45) is 10.6 Å². The fourth-order valence-electron chi connectivity index (χ4n) is 3.12. The van der Waals surface area contributed by atoms with Crippen LogP contribution in [0.15, 0.2) is 24.3 Å². The van der Waals surface area contributed by atoms with E-state index in [-0.39, 0.29) is 11.2 Å². The lowest BCUT2D eigenvalue weighted by Gasteiger charge is -2.36. The Morgan fingerprint density at radius 3 is 2.29 bits per heavy atom. The first-order chi connectivity index (χ1) is 9.92. The maximum atomic E-state index is 11.5. The Balaban J connectivity index is 2.04. The summed E-state index contributed by atoms with van der Waals surface area (Å²) >= 11 is 0. The molecule has 0 unspecified atom stereocenters. The number of benzene rings is 1. The minimum absolute atomic E-state index is 0.0209. The molecule has 1 saturated carbocycles. The average molecular weight is 311 g/mol. The Morgan fingerprint density at radius 1 is 1.14 bits per heavy atom. The molecule has 1 aliphatic carbocycles. The summed E-state index contributed by atoms with van der Waals surface area (Å²) in [5.74, 6) is 0.819. The fraction of sp³-hybridized carbons (Fsp3) is 0.625. The zero-order valence-electron chi connectivity index (χ0n) is 12.7. The summed E-state index contributed by atoms with van der Waals surface area (Å²) in [6, 6.07) is 7.99. The van der Waals surface area contributed by atoms with Crippen LogP contribution in [-0.2, 0) is 16.4 Å². The van der Waals surface area contributed by atoms with E-state index in [4.69, 9.17) is 9.88 Å². The average Bonchev–Trinajstić information content (AvgIpc) is 2.45. The van der Waals surface area contributed by atoms with Gasteiger partial charge in [-0.25, -0.2) is 13.6 Å². The van der Waals surface area contributed by atoms with E-state index in [9.17, 15) is 8.42 Å². The van der Waals surface area contributed by atoms with Crippen molar-refractivity contribution in [3.8, 4) is 5.75 Å². The number of sulfonamides is 1. The third kappa shape index (κ3) is 5.00. The molecule has 0 radical (unpaired) electrons. The van der Waals surface area contributed by atoms with Crippen molar-refractivity contribution in [2.45, 2.75) is 45.4 Å². The van der Waals surface area contributed by atoms with Crippen LogP contribution in [0.3, 0.4) is 0 Å². The maximum absolute atomic E-state index is 11.5. The number of primary sulfonamides is 1. The quantitative estimate of drug-likeness (QED) is 0.878. The Labute approximate surface area is 127 Å². The van der Waals surface area contributed by atoms with Crippen LogP contribution >= 0.6 is 0 Å². The van der Waals surface area contributed by atoms with Crippen molar-refractivity contribution in [3.63, 3.8) is 0 Å². The van der Waals surface area contributed by atoms with Crippen molar-refractivity contribution >= 4 is 10.0 Å². The molecule has 0 spiro atoms. The molecule has 2 N–H and O–H groups in total. The van der Waals surface area contributed by atoms with Gasteiger partial charge in [-0.15, -0.1) is 0 Å². The number of nitrogens with two attached hydrogens (primary N) is 1. The number of ether oxygens (including phenoxy) is 1. The maximum Gasteiger partial charge on any atom is 0.209 e. The molecule has 1 aromatic carbocycles. The number of hydrogen-bond donors (Lipinski definition) is 1. The zero-order chi connectivity index (χ0) is 15.3. The summed E-state index contributed by atoms with van der Waals surface area (Å²) in [5, 5.41) is 5.28. The van der Waals surface area contributed by atoms with Crippen LogP contribution in [0.1, 0.15) is 44.6 Å². The summed E-state index contributed by atoms with van der Waals surface area (Å²) in [4.78, 5) is 0. The lowest BCUT2D eigenvalue weighted by molar-refractivity contribution is 0.118. The topological polar surface area (TPSA) is 69.4 Å². The molecule has 4 nitrogen and oxygen atoms in total. The molecule has 0 aromatic heterocycles. The van der Waals surface area contributed by atoms with Crippen molar-refractivity contribution in [3.05, 3.63) is 29.8 Å². The Hall–Kier alpha value is -1.07. The van der Waals surface area contributed by atoms with E-state index in [0.29, 0.717) is 6.61 Å². The highest BCUT2D eigenvalue weighted by Gasteiger charge is 2.36. The first-order valence-corrected chi connectivity index (χ1v) is 9.36. The molecule has 0 heterocycles. The number of aryl methyl sites for hydroxylation is 1. The number of rotatable bonds is 6. The molecule has 0 atom stereocenters. The summed E-state index contributed by atoms with van der Waals surface area (Å²) in [6.45, 7) is 2.54.